The van der Waals surface area contributed by atoms with E-state index in [4.69, 9.17) is 5.11 Å². The molecule has 0 saturated carbocycles. The molecule has 1 aromatic carbocycles. The molecule has 2 rings (SSSR count). The molecule has 0 spiro atoms. The largest absolute Gasteiger partial charge is 0.390 e. The first-order valence-electron chi connectivity index (χ1n) is 6.72. The van der Waals surface area contributed by atoms with Gasteiger partial charge in [0, 0.05) is 18.1 Å². The number of alkyl halides is 2. The van der Waals surface area contributed by atoms with Crippen LogP contribution in [0.25, 0.3) is 0 Å². The number of amides is 1. The Morgan fingerprint density at radius 3 is 2.41 bits per heavy atom. The fourth-order valence-electron chi connectivity index (χ4n) is 1.90. The minimum atomic E-state index is -2.93. The normalized spacial score (nSPS) is 11.3. The van der Waals surface area contributed by atoms with Crippen LogP contribution in [0.15, 0.2) is 42.5 Å². The molecule has 0 bridgehead atoms. The number of nitrogens with zero attached hydrogens (tertiary/aromatic N) is 1. The molecule has 22 heavy (non-hydrogen) atoms. The van der Waals surface area contributed by atoms with Crippen LogP contribution in [-0.4, -0.2) is 16.0 Å². The summed E-state index contributed by atoms with van der Waals surface area (Å²) in [4.78, 5) is 16.1. The van der Waals surface area contributed by atoms with Gasteiger partial charge in [-0.25, -0.2) is 8.78 Å². The number of hydrogen-bond acceptors (Lipinski definition) is 3. The van der Waals surface area contributed by atoms with E-state index in [0.29, 0.717) is 17.0 Å². The van der Waals surface area contributed by atoms with Crippen molar-refractivity contribution in [2.45, 2.75) is 26.0 Å². The Morgan fingerprint density at radius 2 is 1.82 bits per heavy atom. The molecule has 0 aliphatic carbocycles. The number of carbonyl (C=O) groups is 1. The predicted molar refractivity (Wildman–Crippen MR) is 77.3 cm³/mol. The van der Waals surface area contributed by atoms with Crippen molar-refractivity contribution in [2.24, 2.45) is 0 Å². The maximum Gasteiger partial charge on any atom is 0.270 e. The Balaban J connectivity index is 2.00. The third-order valence-electron chi connectivity index (χ3n) is 3.11. The molecule has 4 nitrogen and oxygen atoms in total. The maximum absolute atomic E-state index is 13.1. The monoisotopic (exact) mass is 306 g/mol. The van der Waals surface area contributed by atoms with Crippen molar-refractivity contribution in [3.05, 3.63) is 65.0 Å². The summed E-state index contributed by atoms with van der Waals surface area (Å²) in [5.41, 5.74) is 1.28. The zero-order valence-electron chi connectivity index (χ0n) is 12.0. The number of rotatable bonds is 5. The molecule has 0 unspecified atom stereocenters. The smallest absolute Gasteiger partial charge is 0.270 e. The van der Waals surface area contributed by atoms with Crippen molar-refractivity contribution in [3.8, 4) is 0 Å². The molecule has 1 amide bonds. The SMILES string of the molecule is CC(F)(F)c1ccc(C(=O)NCc2cccc(CO)n2)cc1. The lowest BCUT2D eigenvalue weighted by Crippen LogP contribution is -2.23. The van der Waals surface area contributed by atoms with E-state index in [1.807, 2.05) is 0 Å². The molecule has 0 radical (unpaired) electrons. The summed E-state index contributed by atoms with van der Waals surface area (Å²) in [6.45, 7) is 0.828. The van der Waals surface area contributed by atoms with E-state index in [-0.39, 0.29) is 24.6 Å². The summed E-state index contributed by atoms with van der Waals surface area (Å²) < 4.78 is 26.2. The molecule has 0 saturated heterocycles. The van der Waals surface area contributed by atoms with Gasteiger partial charge in [0.25, 0.3) is 11.8 Å². The van der Waals surface area contributed by atoms with E-state index in [9.17, 15) is 13.6 Å². The van der Waals surface area contributed by atoms with Crippen LogP contribution in [0, 0.1) is 0 Å². The van der Waals surface area contributed by atoms with Crippen LogP contribution in [0.4, 0.5) is 8.78 Å². The number of aliphatic hydroxyl groups is 1. The third kappa shape index (κ3) is 4.08. The van der Waals surface area contributed by atoms with Gasteiger partial charge in [0.2, 0.25) is 0 Å². The van der Waals surface area contributed by atoms with E-state index >= 15 is 0 Å². The number of halogens is 2. The van der Waals surface area contributed by atoms with Gasteiger partial charge in [0.1, 0.15) is 0 Å². The molecule has 2 aromatic rings. The molecular formula is C16H16F2N2O2. The standard InChI is InChI=1S/C16H16F2N2O2/c1-16(17,18)12-7-5-11(6-8-12)15(22)19-9-13-3-2-4-14(10-21)20-13/h2-8,21H,9-10H2,1H3,(H,19,22). The Labute approximate surface area is 126 Å². The first-order valence-corrected chi connectivity index (χ1v) is 6.72. The van der Waals surface area contributed by atoms with Gasteiger partial charge < -0.3 is 10.4 Å². The molecular weight excluding hydrogens is 290 g/mol. The van der Waals surface area contributed by atoms with Crippen molar-refractivity contribution < 1.29 is 18.7 Å². The number of hydrogen-bond donors (Lipinski definition) is 2. The van der Waals surface area contributed by atoms with Crippen LogP contribution in [0.2, 0.25) is 0 Å². The fourth-order valence-corrected chi connectivity index (χ4v) is 1.90. The van der Waals surface area contributed by atoms with Crippen LogP contribution in [0.3, 0.4) is 0 Å². The molecule has 116 valence electrons. The molecule has 6 heteroatoms. The van der Waals surface area contributed by atoms with Crippen molar-refractivity contribution >= 4 is 5.91 Å². The number of nitrogens with one attached hydrogen (secondary N) is 1. The lowest BCUT2D eigenvalue weighted by molar-refractivity contribution is 0.0174. The van der Waals surface area contributed by atoms with Crippen molar-refractivity contribution in [1.82, 2.24) is 10.3 Å². The van der Waals surface area contributed by atoms with E-state index in [2.05, 4.69) is 10.3 Å². The second kappa shape index (κ2) is 6.62. The third-order valence-corrected chi connectivity index (χ3v) is 3.11. The summed E-state index contributed by atoms with van der Waals surface area (Å²) in [6, 6.07) is 10.3. The van der Waals surface area contributed by atoms with E-state index in [0.717, 1.165) is 6.92 Å². The second-order valence-corrected chi connectivity index (χ2v) is 4.93. The fraction of sp³-hybridized carbons (Fsp3) is 0.250. The average molecular weight is 306 g/mol. The van der Waals surface area contributed by atoms with E-state index < -0.39 is 5.92 Å². The topological polar surface area (TPSA) is 62.2 Å². The van der Waals surface area contributed by atoms with Crippen LogP contribution in [0.5, 0.6) is 0 Å². The van der Waals surface area contributed by atoms with Gasteiger partial charge in [-0.15, -0.1) is 0 Å². The molecule has 0 fully saturated rings. The number of carbonyl (C=O) groups excluding carboxylic acids is 1. The summed E-state index contributed by atoms with van der Waals surface area (Å²) in [5, 5.41) is 11.7. The summed E-state index contributed by atoms with van der Waals surface area (Å²) in [6.07, 6.45) is 0. The minimum absolute atomic E-state index is 0.138. The highest BCUT2D eigenvalue weighted by molar-refractivity contribution is 5.94. The van der Waals surface area contributed by atoms with Gasteiger partial charge in [0.05, 0.1) is 24.5 Å². The minimum Gasteiger partial charge on any atom is -0.390 e. The summed E-state index contributed by atoms with van der Waals surface area (Å²) >= 11 is 0. The first-order chi connectivity index (χ1) is 10.4. The van der Waals surface area contributed by atoms with Gasteiger partial charge in [0.15, 0.2) is 0 Å². The highest BCUT2D eigenvalue weighted by atomic mass is 19.3. The van der Waals surface area contributed by atoms with Crippen molar-refractivity contribution in [1.29, 1.82) is 0 Å². The van der Waals surface area contributed by atoms with Crippen LogP contribution < -0.4 is 5.32 Å². The zero-order valence-corrected chi connectivity index (χ0v) is 12.0. The lowest BCUT2D eigenvalue weighted by atomic mass is 10.1. The molecule has 0 aliphatic heterocycles. The van der Waals surface area contributed by atoms with Crippen molar-refractivity contribution in [3.63, 3.8) is 0 Å². The zero-order chi connectivity index (χ0) is 16.2. The maximum atomic E-state index is 13.1. The number of pyridine rings is 1. The number of aromatic nitrogens is 1. The second-order valence-electron chi connectivity index (χ2n) is 4.93. The highest BCUT2D eigenvalue weighted by Gasteiger charge is 2.24. The highest BCUT2D eigenvalue weighted by Crippen LogP contribution is 2.26. The molecule has 1 heterocycles. The Kier molecular flexibility index (Phi) is 4.82. The quantitative estimate of drug-likeness (QED) is 0.892. The van der Waals surface area contributed by atoms with E-state index in [1.54, 1.807) is 18.2 Å². The molecule has 0 aliphatic rings. The van der Waals surface area contributed by atoms with Crippen molar-refractivity contribution in [2.75, 3.05) is 0 Å². The van der Waals surface area contributed by atoms with Crippen LogP contribution in [-0.2, 0) is 19.1 Å². The number of benzene rings is 1. The van der Waals surface area contributed by atoms with Gasteiger partial charge in [-0.3, -0.25) is 9.78 Å². The lowest BCUT2D eigenvalue weighted by Gasteiger charge is -2.11. The molecule has 1 aromatic heterocycles. The van der Waals surface area contributed by atoms with Gasteiger partial charge in [-0.1, -0.05) is 18.2 Å². The van der Waals surface area contributed by atoms with Crippen LogP contribution >= 0.6 is 0 Å². The van der Waals surface area contributed by atoms with Crippen LogP contribution in [0.1, 0.15) is 34.2 Å². The Bertz CT molecular complexity index is 652. The summed E-state index contributed by atoms with van der Waals surface area (Å²) in [7, 11) is 0. The van der Waals surface area contributed by atoms with E-state index in [1.165, 1.54) is 24.3 Å². The van der Waals surface area contributed by atoms with Gasteiger partial charge in [-0.2, -0.15) is 0 Å². The van der Waals surface area contributed by atoms with Gasteiger partial charge in [-0.05, 0) is 24.3 Å². The average Bonchev–Trinajstić information content (AvgIpc) is 2.52. The first kappa shape index (κ1) is 16.0. The predicted octanol–water partition coefficient (Wildman–Crippen LogP) is 2.62. The molecule has 0 atom stereocenters. The Morgan fingerprint density at radius 1 is 1.18 bits per heavy atom. The summed E-state index contributed by atoms with van der Waals surface area (Å²) in [5.74, 6) is -3.30. The molecule has 2 N–H and O–H groups in total. The Hall–Kier alpha value is -2.34. The number of aliphatic hydroxyl groups excluding tert-OH is 1. The van der Waals surface area contributed by atoms with Gasteiger partial charge >= 0.3 is 0 Å².